The summed E-state index contributed by atoms with van der Waals surface area (Å²) in [5.41, 5.74) is 0.361. The van der Waals surface area contributed by atoms with Crippen LogP contribution in [0, 0.1) is 16.0 Å². The topological polar surface area (TPSA) is 141 Å². The maximum atomic E-state index is 13.2. The predicted molar refractivity (Wildman–Crippen MR) is 134 cm³/mol. The molecular weight excluding hydrogens is 552 g/mol. The number of carbonyl (C=O) groups is 2. The van der Waals surface area contributed by atoms with Crippen LogP contribution in [0.5, 0.6) is 0 Å². The fourth-order valence-electron chi connectivity index (χ4n) is 3.86. The number of hydrogen-bond acceptors (Lipinski definition) is 9. The number of carbonyl (C=O) groups excluding carboxylic acids is 2. The standard InChI is InChI=1S/C21H21ClN4O7S3/c1-2-33-18(27)12-25-15-6-5-14(26(29)30)10-16(15)34-21(25)23-20(28)13-4-3-9-24(11-13)36(31,32)19-8-7-17(22)35-19/h5-8,10,13H,2-4,9,11-12H2,1H3. The monoisotopic (exact) mass is 572 g/mol. The molecule has 1 saturated heterocycles. The van der Waals surface area contributed by atoms with Crippen molar-refractivity contribution in [2.75, 3.05) is 19.7 Å². The Balaban J connectivity index is 1.67. The summed E-state index contributed by atoms with van der Waals surface area (Å²) in [7, 11) is -3.80. The van der Waals surface area contributed by atoms with E-state index in [4.69, 9.17) is 16.3 Å². The highest BCUT2D eigenvalue weighted by atomic mass is 35.5. The lowest BCUT2D eigenvalue weighted by Gasteiger charge is -2.29. The average molecular weight is 573 g/mol. The zero-order valence-corrected chi connectivity index (χ0v) is 22.2. The van der Waals surface area contributed by atoms with Crippen LogP contribution in [-0.2, 0) is 30.9 Å². The molecule has 0 radical (unpaired) electrons. The molecule has 0 bridgehead atoms. The Morgan fingerprint density at radius 2 is 2.06 bits per heavy atom. The van der Waals surface area contributed by atoms with Crippen molar-refractivity contribution in [1.29, 1.82) is 0 Å². The van der Waals surface area contributed by atoms with Gasteiger partial charge in [0.15, 0.2) is 4.80 Å². The van der Waals surface area contributed by atoms with Crippen molar-refractivity contribution in [2.24, 2.45) is 10.9 Å². The van der Waals surface area contributed by atoms with E-state index in [0.29, 0.717) is 27.4 Å². The van der Waals surface area contributed by atoms with Crippen LogP contribution in [0.25, 0.3) is 10.2 Å². The average Bonchev–Trinajstić information content (AvgIpc) is 3.43. The Bertz CT molecular complexity index is 1510. The van der Waals surface area contributed by atoms with E-state index in [0.717, 1.165) is 22.7 Å². The summed E-state index contributed by atoms with van der Waals surface area (Å²) in [6.07, 6.45) is 0.930. The third-order valence-electron chi connectivity index (χ3n) is 5.55. The van der Waals surface area contributed by atoms with Crippen LogP contribution in [-0.4, -0.2) is 53.8 Å². The van der Waals surface area contributed by atoms with E-state index in [1.54, 1.807) is 6.92 Å². The minimum absolute atomic E-state index is 0.0333. The molecule has 1 aliphatic rings. The molecule has 1 atom stereocenters. The van der Waals surface area contributed by atoms with Gasteiger partial charge in [0.1, 0.15) is 10.8 Å². The molecular formula is C21H21ClN4O7S3. The molecule has 0 saturated carbocycles. The number of esters is 1. The Labute approximate surface area is 218 Å². The van der Waals surface area contributed by atoms with E-state index in [1.165, 1.54) is 39.2 Å². The van der Waals surface area contributed by atoms with Crippen molar-refractivity contribution in [1.82, 2.24) is 8.87 Å². The number of ether oxygens (including phenoxy) is 1. The third-order valence-corrected chi connectivity index (χ3v) is 10.2. The molecule has 1 aliphatic heterocycles. The number of thiazole rings is 1. The molecule has 36 heavy (non-hydrogen) atoms. The molecule has 0 aliphatic carbocycles. The second-order valence-corrected chi connectivity index (χ2v) is 12.8. The number of amides is 1. The SMILES string of the molecule is CCOC(=O)Cn1c(=NC(=O)C2CCCN(S(=O)(=O)c3ccc(Cl)s3)C2)sc2cc([N+](=O)[O-])ccc21. The maximum Gasteiger partial charge on any atom is 0.326 e. The van der Waals surface area contributed by atoms with Crippen LogP contribution >= 0.6 is 34.3 Å². The lowest BCUT2D eigenvalue weighted by atomic mass is 9.99. The van der Waals surface area contributed by atoms with Gasteiger partial charge in [-0.2, -0.15) is 9.30 Å². The quantitative estimate of drug-likeness (QED) is 0.240. The van der Waals surface area contributed by atoms with Gasteiger partial charge >= 0.3 is 5.97 Å². The van der Waals surface area contributed by atoms with Gasteiger partial charge < -0.3 is 9.30 Å². The van der Waals surface area contributed by atoms with Crippen LogP contribution in [0.1, 0.15) is 19.8 Å². The van der Waals surface area contributed by atoms with E-state index in [1.807, 2.05) is 0 Å². The fraction of sp³-hybridized carbons (Fsp3) is 0.381. The third kappa shape index (κ3) is 5.52. The number of rotatable bonds is 7. The van der Waals surface area contributed by atoms with Crippen molar-refractivity contribution >= 4 is 72.1 Å². The number of hydrogen-bond donors (Lipinski definition) is 0. The molecule has 1 amide bonds. The van der Waals surface area contributed by atoms with Crippen LogP contribution in [0.15, 0.2) is 39.5 Å². The number of halogens is 1. The van der Waals surface area contributed by atoms with Gasteiger partial charge in [0.05, 0.1) is 32.0 Å². The van der Waals surface area contributed by atoms with Crippen molar-refractivity contribution in [3.63, 3.8) is 0 Å². The fourth-order valence-corrected chi connectivity index (χ4v) is 8.09. The van der Waals surface area contributed by atoms with Gasteiger partial charge in [0.2, 0.25) is 0 Å². The largest absolute Gasteiger partial charge is 0.465 e. The van der Waals surface area contributed by atoms with Gasteiger partial charge in [-0.15, -0.1) is 11.3 Å². The molecule has 11 nitrogen and oxygen atoms in total. The Morgan fingerprint density at radius 1 is 1.28 bits per heavy atom. The number of fused-ring (bicyclic) bond motifs is 1. The maximum absolute atomic E-state index is 13.2. The highest BCUT2D eigenvalue weighted by Crippen LogP contribution is 2.31. The number of aromatic nitrogens is 1. The molecule has 0 spiro atoms. The van der Waals surface area contributed by atoms with Crippen LogP contribution in [0.4, 0.5) is 5.69 Å². The molecule has 3 aromatic rings. The first-order valence-corrected chi connectivity index (χ1v) is 14.3. The van der Waals surface area contributed by atoms with Gasteiger partial charge in [0.25, 0.3) is 21.6 Å². The number of benzene rings is 1. The van der Waals surface area contributed by atoms with Crippen LogP contribution in [0.2, 0.25) is 4.34 Å². The van der Waals surface area contributed by atoms with Gasteiger partial charge in [0, 0.05) is 25.2 Å². The van der Waals surface area contributed by atoms with Crippen LogP contribution in [0.3, 0.4) is 0 Å². The summed E-state index contributed by atoms with van der Waals surface area (Å²) in [5.74, 6) is -1.76. The highest BCUT2D eigenvalue weighted by Gasteiger charge is 2.34. The van der Waals surface area contributed by atoms with E-state index in [9.17, 15) is 28.1 Å². The second-order valence-electron chi connectivity index (χ2n) is 7.90. The first-order chi connectivity index (χ1) is 17.1. The number of thiophene rings is 1. The van der Waals surface area contributed by atoms with Crippen molar-refractivity contribution < 1.29 is 27.7 Å². The van der Waals surface area contributed by atoms with Crippen molar-refractivity contribution in [3.05, 3.63) is 49.6 Å². The number of non-ortho nitro benzene ring substituents is 1. The number of nitro benzene ring substituents is 1. The van der Waals surface area contributed by atoms with Gasteiger partial charge in [-0.3, -0.25) is 19.7 Å². The number of sulfonamides is 1. The molecule has 2 aromatic heterocycles. The van der Waals surface area contributed by atoms with Crippen molar-refractivity contribution in [2.45, 2.75) is 30.5 Å². The minimum Gasteiger partial charge on any atom is -0.465 e. The molecule has 1 aromatic carbocycles. The molecule has 15 heteroatoms. The lowest BCUT2D eigenvalue weighted by molar-refractivity contribution is -0.384. The van der Waals surface area contributed by atoms with Crippen LogP contribution < -0.4 is 4.80 Å². The summed E-state index contributed by atoms with van der Waals surface area (Å²) in [5, 5.41) is 11.2. The summed E-state index contributed by atoms with van der Waals surface area (Å²) >= 11 is 7.88. The molecule has 1 fully saturated rings. The molecule has 1 unspecified atom stereocenters. The summed E-state index contributed by atoms with van der Waals surface area (Å²) < 4.78 is 34.7. The first-order valence-electron chi connectivity index (χ1n) is 10.9. The molecule has 0 N–H and O–H groups in total. The normalized spacial score (nSPS) is 17.4. The zero-order chi connectivity index (χ0) is 26.0. The molecule has 4 rings (SSSR count). The van der Waals surface area contributed by atoms with E-state index < -0.39 is 32.7 Å². The Hall–Kier alpha value is -2.65. The lowest BCUT2D eigenvalue weighted by Crippen LogP contribution is -2.42. The van der Waals surface area contributed by atoms with Gasteiger partial charge in [-0.1, -0.05) is 22.9 Å². The predicted octanol–water partition coefficient (Wildman–Crippen LogP) is 3.42. The summed E-state index contributed by atoms with van der Waals surface area (Å²) in [6.45, 7) is 1.84. The summed E-state index contributed by atoms with van der Waals surface area (Å²) in [6, 6.07) is 7.10. The van der Waals surface area contributed by atoms with Gasteiger partial charge in [-0.25, -0.2) is 8.42 Å². The Kier molecular flexibility index (Phi) is 7.90. The number of nitro groups is 1. The minimum atomic E-state index is -3.80. The number of piperidine rings is 1. The number of nitrogens with zero attached hydrogens (tertiary/aromatic N) is 4. The molecule has 3 heterocycles. The second kappa shape index (κ2) is 10.8. The van der Waals surface area contributed by atoms with Crippen molar-refractivity contribution in [3.8, 4) is 0 Å². The highest BCUT2D eigenvalue weighted by molar-refractivity contribution is 7.91. The zero-order valence-electron chi connectivity index (χ0n) is 19.0. The first kappa shape index (κ1) is 26.4. The smallest absolute Gasteiger partial charge is 0.326 e. The van der Waals surface area contributed by atoms with E-state index in [2.05, 4.69) is 4.99 Å². The molecule has 192 valence electrons. The van der Waals surface area contributed by atoms with Gasteiger partial charge in [-0.05, 0) is 38.0 Å². The summed E-state index contributed by atoms with van der Waals surface area (Å²) in [4.78, 5) is 40.4. The van der Waals surface area contributed by atoms with E-state index >= 15 is 0 Å². The van der Waals surface area contributed by atoms with E-state index in [-0.39, 0.29) is 40.9 Å². The Morgan fingerprint density at radius 3 is 2.72 bits per heavy atom.